The van der Waals surface area contributed by atoms with Crippen molar-refractivity contribution in [2.24, 2.45) is 0 Å². The van der Waals surface area contributed by atoms with E-state index < -0.39 is 0 Å². The number of nitrogens with one attached hydrogen (secondary N) is 1. The van der Waals surface area contributed by atoms with E-state index in [9.17, 15) is 5.26 Å². The van der Waals surface area contributed by atoms with E-state index in [0.29, 0.717) is 18.0 Å². The number of benzene rings is 3. The Kier molecular flexibility index (Phi) is 5.95. The summed E-state index contributed by atoms with van der Waals surface area (Å²) in [4.78, 5) is 7.91. The highest BCUT2D eigenvalue weighted by molar-refractivity contribution is 5.91. The van der Waals surface area contributed by atoms with Crippen molar-refractivity contribution in [3.05, 3.63) is 113 Å². The van der Waals surface area contributed by atoms with Crippen LogP contribution in [0.5, 0.6) is 5.75 Å². The summed E-state index contributed by atoms with van der Waals surface area (Å²) in [5, 5.41) is 9.87. The molecular formula is C30H26N4O. The van der Waals surface area contributed by atoms with Crippen LogP contribution in [0.15, 0.2) is 78.9 Å². The highest BCUT2D eigenvalue weighted by atomic mass is 16.5. The Morgan fingerprint density at radius 2 is 1.77 bits per heavy atom. The highest BCUT2D eigenvalue weighted by Crippen LogP contribution is 2.27. The third-order valence-corrected chi connectivity index (χ3v) is 6.13. The van der Waals surface area contributed by atoms with Crippen LogP contribution in [0, 0.1) is 32.1 Å². The molecule has 1 N–H and O–H groups in total. The van der Waals surface area contributed by atoms with Crippen molar-refractivity contribution in [2.45, 2.75) is 27.4 Å². The van der Waals surface area contributed by atoms with Crippen LogP contribution < -0.4 is 4.74 Å². The molecule has 0 bridgehead atoms. The molecule has 5 heteroatoms. The topological polar surface area (TPSA) is 66.6 Å². The summed E-state index contributed by atoms with van der Waals surface area (Å²) in [5.74, 6) is 1.41. The number of aromatic nitrogens is 3. The number of imidazole rings is 1. The van der Waals surface area contributed by atoms with Gasteiger partial charge in [0.15, 0.2) is 0 Å². The second kappa shape index (κ2) is 9.36. The maximum Gasteiger partial charge on any atom is 0.149 e. The summed E-state index contributed by atoms with van der Waals surface area (Å²) in [5.41, 5.74) is 8.75. The number of hydrogen-bond acceptors (Lipinski definition) is 3. The van der Waals surface area contributed by atoms with Gasteiger partial charge in [-0.1, -0.05) is 36.4 Å². The fourth-order valence-electron chi connectivity index (χ4n) is 4.32. The van der Waals surface area contributed by atoms with Crippen LogP contribution in [0.25, 0.3) is 28.4 Å². The third-order valence-electron chi connectivity index (χ3n) is 6.13. The summed E-state index contributed by atoms with van der Waals surface area (Å²) in [6.07, 6.45) is 1.90. The summed E-state index contributed by atoms with van der Waals surface area (Å²) >= 11 is 0. The lowest BCUT2D eigenvalue weighted by Gasteiger charge is -2.11. The summed E-state index contributed by atoms with van der Waals surface area (Å²) in [6, 6.07) is 28.7. The van der Waals surface area contributed by atoms with Gasteiger partial charge in [0.05, 0.1) is 16.6 Å². The lowest BCUT2D eigenvalue weighted by molar-refractivity contribution is 0.306. The average molecular weight is 459 g/mol. The molecule has 0 amide bonds. The van der Waals surface area contributed by atoms with Crippen molar-refractivity contribution >= 4 is 22.7 Å². The van der Waals surface area contributed by atoms with Gasteiger partial charge in [0.2, 0.25) is 0 Å². The molecular weight excluding hydrogens is 432 g/mol. The first kappa shape index (κ1) is 22.2. The number of allylic oxidation sites excluding steroid dienone is 1. The Bertz CT molecular complexity index is 1560. The molecule has 2 aromatic heterocycles. The van der Waals surface area contributed by atoms with E-state index >= 15 is 0 Å². The van der Waals surface area contributed by atoms with E-state index in [2.05, 4.69) is 64.8 Å². The van der Waals surface area contributed by atoms with Gasteiger partial charge in [-0.3, -0.25) is 0 Å². The SMILES string of the molecule is Cc1ccc2nc(C(C#N)=Cc3cc(C)n(-c4ccc(OCc5ccccc5)cc4)c3C)[nH]c2c1. The summed E-state index contributed by atoms with van der Waals surface area (Å²) in [6.45, 7) is 6.71. The Labute approximate surface area is 205 Å². The first-order chi connectivity index (χ1) is 17.0. The van der Waals surface area contributed by atoms with Gasteiger partial charge in [0.25, 0.3) is 0 Å². The standard InChI is InChI=1S/C30H26N4O/c1-20-9-14-28-29(15-20)33-30(32-28)25(18-31)17-24-16-21(2)34(22(24)3)26-10-12-27(13-11-26)35-19-23-7-5-4-6-8-23/h4-17H,19H2,1-3H3,(H,32,33). The largest absolute Gasteiger partial charge is 0.489 e. The zero-order chi connectivity index (χ0) is 24.4. The molecule has 0 spiro atoms. The predicted molar refractivity (Wildman–Crippen MR) is 140 cm³/mol. The Morgan fingerprint density at radius 3 is 2.51 bits per heavy atom. The van der Waals surface area contributed by atoms with Crippen LogP contribution >= 0.6 is 0 Å². The number of aromatic amines is 1. The number of nitrogens with zero attached hydrogens (tertiary/aromatic N) is 3. The molecule has 5 nitrogen and oxygen atoms in total. The van der Waals surface area contributed by atoms with Crippen LogP contribution in [-0.4, -0.2) is 14.5 Å². The minimum absolute atomic E-state index is 0.503. The molecule has 0 atom stereocenters. The van der Waals surface area contributed by atoms with Gasteiger partial charge in [-0.05, 0) is 86.0 Å². The molecule has 5 rings (SSSR count). The second-order valence-corrected chi connectivity index (χ2v) is 8.71. The van der Waals surface area contributed by atoms with Gasteiger partial charge in [0, 0.05) is 17.1 Å². The monoisotopic (exact) mass is 458 g/mol. The van der Waals surface area contributed by atoms with E-state index in [4.69, 9.17) is 4.74 Å². The van der Waals surface area contributed by atoms with Gasteiger partial charge in [-0.25, -0.2) is 4.98 Å². The zero-order valence-electron chi connectivity index (χ0n) is 20.0. The molecule has 2 heterocycles. The third kappa shape index (κ3) is 4.60. The van der Waals surface area contributed by atoms with Crippen LogP contribution in [0.1, 0.15) is 33.9 Å². The number of fused-ring (bicyclic) bond motifs is 1. The van der Waals surface area contributed by atoms with Gasteiger partial charge in [-0.2, -0.15) is 5.26 Å². The van der Waals surface area contributed by atoms with Crippen molar-refractivity contribution in [1.82, 2.24) is 14.5 Å². The molecule has 172 valence electrons. The average Bonchev–Trinajstić information content (AvgIpc) is 3.41. The molecule has 0 aliphatic carbocycles. The van der Waals surface area contributed by atoms with E-state index in [-0.39, 0.29) is 0 Å². The van der Waals surface area contributed by atoms with Crippen LogP contribution in [0.4, 0.5) is 0 Å². The van der Waals surface area contributed by atoms with Crippen molar-refractivity contribution in [3.63, 3.8) is 0 Å². The van der Waals surface area contributed by atoms with E-state index in [0.717, 1.165) is 50.5 Å². The molecule has 0 saturated carbocycles. The number of ether oxygens (including phenoxy) is 1. The van der Waals surface area contributed by atoms with Crippen molar-refractivity contribution in [1.29, 1.82) is 5.26 Å². The lowest BCUT2D eigenvalue weighted by Crippen LogP contribution is -2.00. The molecule has 0 saturated heterocycles. The molecule has 35 heavy (non-hydrogen) atoms. The number of rotatable bonds is 6. The smallest absolute Gasteiger partial charge is 0.149 e. The molecule has 0 fully saturated rings. The molecule has 0 aliphatic rings. The number of nitriles is 1. The van der Waals surface area contributed by atoms with Crippen molar-refractivity contribution < 1.29 is 4.74 Å². The summed E-state index contributed by atoms with van der Waals surface area (Å²) < 4.78 is 8.12. The quantitative estimate of drug-likeness (QED) is 0.281. The minimum atomic E-state index is 0.503. The number of H-pyrrole nitrogens is 1. The van der Waals surface area contributed by atoms with Crippen LogP contribution in [0.3, 0.4) is 0 Å². The van der Waals surface area contributed by atoms with Gasteiger partial charge in [0.1, 0.15) is 24.3 Å². The zero-order valence-corrected chi connectivity index (χ0v) is 20.0. The molecule has 0 radical (unpaired) electrons. The highest BCUT2D eigenvalue weighted by Gasteiger charge is 2.13. The maximum atomic E-state index is 9.87. The molecule has 0 unspecified atom stereocenters. The fraction of sp³-hybridized carbons (Fsp3) is 0.133. The molecule has 3 aromatic carbocycles. The first-order valence-corrected chi connectivity index (χ1v) is 11.6. The predicted octanol–water partition coefficient (Wildman–Crippen LogP) is 6.92. The second-order valence-electron chi connectivity index (χ2n) is 8.71. The van der Waals surface area contributed by atoms with Crippen molar-refractivity contribution in [2.75, 3.05) is 0 Å². The minimum Gasteiger partial charge on any atom is -0.489 e. The number of hydrogen-bond donors (Lipinski definition) is 1. The van der Waals surface area contributed by atoms with Crippen LogP contribution in [-0.2, 0) is 6.61 Å². The Morgan fingerprint density at radius 1 is 1.00 bits per heavy atom. The van der Waals surface area contributed by atoms with E-state index in [1.54, 1.807) is 0 Å². The van der Waals surface area contributed by atoms with Gasteiger partial charge < -0.3 is 14.3 Å². The maximum absolute atomic E-state index is 9.87. The molecule has 5 aromatic rings. The molecule has 0 aliphatic heterocycles. The number of aryl methyl sites for hydroxylation is 2. The summed E-state index contributed by atoms with van der Waals surface area (Å²) in [7, 11) is 0. The van der Waals surface area contributed by atoms with Gasteiger partial charge >= 0.3 is 0 Å². The lowest BCUT2D eigenvalue weighted by atomic mass is 10.1. The van der Waals surface area contributed by atoms with E-state index in [1.807, 2.05) is 61.5 Å². The van der Waals surface area contributed by atoms with Gasteiger partial charge in [-0.15, -0.1) is 0 Å². The van der Waals surface area contributed by atoms with Crippen LogP contribution in [0.2, 0.25) is 0 Å². The van der Waals surface area contributed by atoms with E-state index in [1.165, 1.54) is 0 Å². The first-order valence-electron chi connectivity index (χ1n) is 11.6. The van der Waals surface area contributed by atoms with Crippen molar-refractivity contribution in [3.8, 4) is 17.5 Å². The Hall–Kier alpha value is -4.56. The normalized spacial score (nSPS) is 11.5. The Balaban J connectivity index is 1.41. The fourth-order valence-corrected chi connectivity index (χ4v) is 4.32.